The molecular weight excluding hydrogens is 354 g/mol. The van der Waals surface area contributed by atoms with Gasteiger partial charge in [-0.1, -0.05) is 24.3 Å². The number of rotatable bonds is 5. The highest BCUT2D eigenvalue weighted by atomic mass is 19.3. The number of halogens is 2. The fourth-order valence-corrected chi connectivity index (χ4v) is 3.52. The Hall–Kier alpha value is -2.70. The molecule has 1 aliphatic heterocycles. The molecule has 27 heavy (non-hydrogen) atoms. The summed E-state index contributed by atoms with van der Waals surface area (Å²) in [7, 11) is 1.64. The fraction of sp³-hybridized carbons (Fsp3) is 0.400. The van der Waals surface area contributed by atoms with Gasteiger partial charge in [0.15, 0.2) is 0 Å². The van der Waals surface area contributed by atoms with E-state index in [2.05, 4.69) is 4.74 Å². The summed E-state index contributed by atoms with van der Waals surface area (Å²) in [6.07, 6.45) is 0.815. The Bertz CT molecular complexity index is 856. The first-order chi connectivity index (χ1) is 12.8. The molecule has 1 saturated heterocycles. The van der Waals surface area contributed by atoms with Crippen LogP contribution in [-0.2, 0) is 4.79 Å². The van der Waals surface area contributed by atoms with E-state index < -0.39 is 6.61 Å². The Morgan fingerprint density at radius 2 is 1.93 bits per heavy atom. The van der Waals surface area contributed by atoms with Gasteiger partial charge in [-0.15, -0.1) is 0 Å². The number of carbonyl (C=O) groups excluding carboxylic acids is 2. The maximum atomic E-state index is 12.9. The molecule has 0 radical (unpaired) electrons. The summed E-state index contributed by atoms with van der Waals surface area (Å²) in [6.45, 7) is 0.245. The van der Waals surface area contributed by atoms with Crippen LogP contribution in [0.2, 0.25) is 0 Å². The van der Waals surface area contributed by atoms with Gasteiger partial charge in [0.25, 0.3) is 5.91 Å². The molecule has 1 heterocycles. The topological polar surface area (TPSA) is 49.9 Å². The quantitative estimate of drug-likeness (QED) is 0.804. The van der Waals surface area contributed by atoms with Crippen molar-refractivity contribution in [1.82, 2.24) is 9.80 Å². The molecule has 2 aromatic carbocycles. The summed E-state index contributed by atoms with van der Waals surface area (Å²) in [5.41, 5.74) is 0.109. The molecule has 0 N–H and O–H groups in total. The van der Waals surface area contributed by atoms with Crippen molar-refractivity contribution in [2.24, 2.45) is 5.92 Å². The van der Waals surface area contributed by atoms with E-state index in [0.29, 0.717) is 19.6 Å². The predicted octanol–water partition coefficient (Wildman–Crippen LogP) is 3.38. The van der Waals surface area contributed by atoms with E-state index in [-0.39, 0.29) is 29.0 Å². The molecule has 0 aromatic heterocycles. The number of amides is 2. The lowest BCUT2D eigenvalue weighted by Gasteiger charge is -2.23. The van der Waals surface area contributed by atoms with Gasteiger partial charge >= 0.3 is 6.61 Å². The third-order valence-electron chi connectivity index (χ3n) is 4.90. The van der Waals surface area contributed by atoms with Crippen LogP contribution in [0.15, 0.2) is 36.4 Å². The SMILES string of the molecule is CC(=O)N1CCC(CN(C)C(=O)c2cc3ccccc3cc2OC(F)F)C1. The summed E-state index contributed by atoms with van der Waals surface area (Å²) in [5.74, 6) is -0.314. The van der Waals surface area contributed by atoms with Crippen molar-refractivity contribution >= 4 is 22.6 Å². The van der Waals surface area contributed by atoms with E-state index in [1.807, 2.05) is 12.1 Å². The third kappa shape index (κ3) is 4.35. The minimum absolute atomic E-state index is 0.0219. The highest BCUT2D eigenvalue weighted by Gasteiger charge is 2.27. The average Bonchev–Trinajstić information content (AvgIpc) is 3.09. The van der Waals surface area contributed by atoms with Gasteiger partial charge in [0.05, 0.1) is 5.56 Å². The zero-order chi connectivity index (χ0) is 19.6. The van der Waals surface area contributed by atoms with Gasteiger partial charge in [-0.2, -0.15) is 8.78 Å². The largest absolute Gasteiger partial charge is 0.434 e. The summed E-state index contributed by atoms with van der Waals surface area (Å²) < 4.78 is 30.3. The number of carbonyl (C=O) groups is 2. The molecule has 1 aliphatic rings. The lowest BCUT2D eigenvalue weighted by atomic mass is 10.0. The molecule has 1 unspecified atom stereocenters. The van der Waals surface area contributed by atoms with Crippen molar-refractivity contribution < 1.29 is 23.1 Å². The van der Waals surface area contributed by atoms with Crippen molar-refractivity contribution in [3.8, 4) is 5.75 Å². The Morgan fingerprint density at radius 3 is 2.52 bits per heavy atom. The van der Waals surface area contributed by atoms with Gasteiger partial charge in [0.1, 0.15) is 5.75 Å². The van der Waals surface area contributed by atoms with E-state index in [1.165, 1.54) is 17.9 Å². The number of ether oxygens (including phenoxy) is 1. The standard InChI is InChI=1S/C20H22F2N2O3/c1-13(25)24-8-7-14(12-24)11-23(2)19(26)17-9-15-5-3-4-6-16(15)10-18(17)27-20(21)22/h3-6,9-10,14,20H,7-8,11-12H2,1-2H3. The second-order valence-corrected chi connectivity index (χ2v) is 6.88. The van der Waals surface area contributed by atoms with E-state index in [1.54, 1.807) is 30.1 Å². The molecule has 3 rings (SSSR count). The number of hydrogen-bond acceptors (Lipinski definition) is 3. The summed E-state index contributed by atoms with van der Waals surface area (Å²) in [6, 6.07) is 10.3. The molecule has 0 bridgehead atoms. The van der Waals surface area contributed by atoms with Gasteiger partial charge in [-0.05, 0) is 35.2 Å². The van der Waals surface area contributed by atoms with E-state index in [4.69, 9.17) is 0 Å². The number of hydrogen-bond donors (Lipinski definition) is 0. The molecule has 1 atom stereocenters. The number of alkyl halides is 2. The molecule has 0 spiro atoms. The fourth-order valence-electron chi connectivity index (χ4n) is 3.52. The lowest BCUT2D eigenvalue weighted by Crippen LogP contribution is -2.34. The van der Waals surface area contributed by atoms with Gasteiger partial charge in [-0.3, -0.25) is 9.59 Å². The van der Waals surface area contributed by atoms with Crippen LogP contribution in [0.25, 0.3) is 10.8 Å². The van der Waals surface area contributed by atoms with Crippen LogP contribution in [0.3, 0.4) is 0 Å². The molecule has 0 saturated carbocycles. The maximum Gasteiger partial charge on any atom is 0.387 e. The van der Waals surface area contributed by atoms with E-state index >= 15 is 0 Å². The van der Waals surface area contributed by atoms with Gasteiger partial charge in [0, 0.05) is 33.6 Å². The maximum absolute atomic E-state index is 12.9. The van der Waals surface area contributed by atoms with Crippen LogP contribution in [0.5, 0.6) is 5.75 Å². The Kier molecular flexibility index (Phi) is 5.58. The van der Waals surface area contributed by atoms with Gasteiger partial charge < -0.3 is 14.5 Å². The summed E-state index contributed by atoms with van der Waals surface area (Å²) in [4.78, 5) is 27.6. The summed E-state index contributed by atoms with van der Waals surface area (Å²) in [5, 5.41) is 1.50. The molecule has 1 fully saturated rings. The lowest BCUT2D eigenvalue weighted by molar-refractivity contribution is -0.127. The minimum Gasteiger partial charge on any atom is -0.434 e. The Balaban J connectivity index is 1.82. The van der Waals surface area contributed by atoms with Crippen LogP contribution in [-0.4, -0.2) is 54.9 Å². The first kappa shape index (κ1) is 19.1. The van der Waals surface area contributed by atoms with Crippen molar-refractivity contribution in [3.05, 3.63) is 42.0 Å². The average molecular weight is 376 g/mol. The zero-order valence-corrected chi connectivity index (χ0v) is 15.3. The Labute approximate surface area is 156 Å². The molecule has 2 amide bonds. The summed E-state index contributed by atoms with van der Waals surface area (Å²) >= 11 is 0. The second-order valence-electron chi connectivity index (χ2n) is 6.88. The second kappa shape index (κ2) is 7.90. The first-order valence-electron chi connectivity index (χ1n) is 8.83. The zero-order valence-electron chi connectivity index (χ0n) is 15.3. The molecular formula is C20H22F2N2O3. The van der Waals surface area contributed by atoms with Crippen molar-refractivity contribution in [1.29, 1.82) is 0 Å². The van der Waals surface area contributed by atoms with E-state index in [9.17, 15) is 18.4 Å². The first-order valence-corrected chi connectivity index (χ1v) is 8.83. The molecule has 2 aromatic rings. The smallest absolute Gasteiger partial charge is 0.387 e. The van der Waals surface area contributed by atoms with E-state index in [0.717, 1.165) is 17.2 Å². The van der Waals surface area contributed by atoms with Gasteiger partial charge in [0.2, 0.25) is 5.91 Å². The molecule has 7 heteroatoms. The van der Waals surface area contributed by atoms with Crippen molar-refractivity contribution in [3.63, 3.8) is 0 Å². The highest BCUT2D eigenvalue weighted by molar-refractivity contribution is 6.01. The van der Waals surface area contributed by atoms with Crippen LogP contribution < -0.4 is 4.74 Å². The predicted molar refractivity (Wildman–Crippen MR) is 97.9 cm³/mol. The minimum atomic E-state index is -3.01. The molecule has 144 valence electrons. The van der Waals surface area contributed by atoms with Crippen LogP contribution >= 0.6 is 0 Å². The number of fused-ring (bicyclic) bond motifs is 1. The van der Waals surface area contributed by atoms with Crippen molar-refractivity contribution in [2.75, 3.05) is 26.7 Å². The van der Waals surface area contributed by atoms with Crippen molar-refractivity contribution in [2.45, 2.75) is 20.0 Å². The number of nitrogens with zero attached hydrogens (tertiary/aromatic N) is 2. The molecule has 0 aliphatic carbocycles. The molecule has 5 nitrogen and oxygen atoms in total. The third-order valence-corrected chi connectivity index (χ3v) is 4.90. The number of likely N-dealkylation sites (tertiary alicyclic amines) is 1. The normalized spacial score (nSPS) is 16.8. The van der Waals surface area contributed by atoms with Crippen LogP contribution in [0.4, 0.5) is 8.78 Å². The van der Waals surface area contributed by atoms with Crippen LogP contribution in [0.1, 0.15) is 23.7 Å². The monoisotopic (exact) mass is 376 g/mol. The van der Waals surface area contributed by atoms with Crippen LogP contribution in [0, 0.1) is 5.92 Å². The Morgan fingerprint density at radius 1 is 1.26 bits per heavy atom. The number of benzene rings is 2. The highest BCUT2D eigenvalue weighted by Crippen LogP contribution is 2.29. The van der Waals surface area contributed by atoms with Gasteiger partial charge in [-0.25, -0.2) is 0 Å².